The van der Waals surface area contributed by atoms with Crippen LogP contribution in [0.3, 0.4) is 0 Å². The van der Waals surface area contributed by atoms with E-state index in [0.717, 1.165) is 23.3 Å². The number of methoxy groups -OCH3 is 2. The van der Waals surface area contributed by atoms with E-state index in [4.69, 9.17) is 14.2 Å². The van der Waals surface area contributed by atoms with Gasteiger partial charge >= 0.3 is 0 Å². The minimum atomic E-state index is -0.629. The third kappa shape index (κ3) is 3.97. The Labute approximate surface area is 204 Å². The van der Waals surface area contributed by atoms with Crippen molar-refractivity contribution in [3.63, 3.8) is 0 Å². The zero-order valence-electron chi connectivity index (χ0n) is 20.0. The summed E-state index contributed by atoms with van der Waals surface area (Å²) in [5, 5.41) is 3.06. The summed E-state index contributed by atoms with van der Waals surface area (Å²) < 4.78 is 16.5. The molecule has 0 aliphatic carbocycles. The summed E-state index contributed by atoms with van der Waals surface area (Å²) >= 11 is 0. The van der Waals surface area contributed by atoms with Crippen molar-refractivity contribution in [2.24, 2.45) is 0 Å². The fraction of sp³-hybridized carbons (Fsp3) is 0.286. The maximum absolute atomic E-state index is 13.9. The first-order chi connectivity index (χ1) is 17.0. The lowest BCUT2D eigenvalue weighted by atomic mass is 9.75. The highest BCUT2D eigenvalue weighted by atomic mass is 16.5. The summed E-state index contributed by atoms with van der Waals surface area (Å²) in [7, 11) is 3.08. The minimum Gasteiger partial charge on any atom is -0.494 e. The fourth-order valence-electron chi connectivity index (χ4n) is 5.15. The SMILES string of the molecule is CCOc1ccc(NC(=O)[C@@H]2c3cc(OC)c(OC)cc3C(=O)N3CCc4ccccc4[C@H]23)cc1. The standard InChI is InChI=1S/C28H28N2O5/c1-4-35-19-11-9-18(10-12-19)29-27(31)25-21-15-23(33-2)24(34-3)16-22(21)28(32)30-14-13-17-7-5-6-8-20(17)26(25)30/h5-12,15-16,25-26H,4,13-14H2,1-3H3,(H,29,31)/t25-,26-/m1/s1. The predicted molar refractivity (Wildman–Crippen MR) is 132 cm³/mol. The van der Waals surface area contributed by atoms with Crippen LogP contribution in [-0.2, 0) is 11.2 Å². The molecule has 2 aliphatic heterocycles. The number of anilines is 1. The van der Waals surface area contributed by atoms with E-state index in [9.17, 15) is 9.59 Å². The van der Waals surface area contributed by atoms with Crippen LogP contribution >= 0.6 is 0 Å². The van der Waals surface area contributed by atoms with Crippen LogP contribution in [0.15, 0.2) is 60.7 Å². The highest BCUT2D eigenvalue weighted by Crippen LogP contribution is 2.48. The van der Waals surface area contributed by atoms with Gasteiger partial charge in [0, 0.05) is 17.8 Å². The Hall–Kier alpha value is -4.00. The third-order valence-corrected chi connectivity index (χ3v) is 6.74. The van der Waals surface area contributed by atoms with Crippen LogP contribution in [0.4, 0.5) is 5.69 Å². The Balaban J connectivity index is 1.61. The van der Waals surface area contributed by atoms with E-state index >= 15 is 0 Å². The Morgan fingerprint density at radius 2 is 1.71 bits per heavy atom. The van der Waals surface area contributed by atoms with Crippen molar-refractivity contribution in [1.82, 2.24) is 4.90 Å². The van der Waals surface area contributed by atoms with Gasteiger partial charge in [0.15, 0.2) is 11.5 Å². The van der Waals surface area contributed by atoms with Crippen LogP contribution in [-0.4, -0.2) is 44.1 Å². The first-order valence-electron chi connectivity index (χ1n) is 11.7. The first kappa shape index (κ1) is 22.8. The van der Waals surface area contributed by atoms with Gasteiger partial charge < -0.3 is 24.4 Å². The predicted octanol–water partition coefficient (Wildman–Crippen LogP) is 4.58. The number of nitrogens with zero attached hydrogens (tertiary/aromatic N) is 1. The van der Waals surface area contributed by atoms with Gasteiger partial charge in [0.1, 0.15) is 5.75 Å². The lowest BCUT2D eigenvalue weighted by molar-refractivity contribution is -0.119. The molecule has 7 nitrogen and oxygen atoms in total. The second kappa shape index (κ2) is 9.33. The molecule has 0 aromatic heterocycles. The van der Waals surface area contributed by atoms with E-state index in [1.165, 1.54) is 7.11 Å². The van der Waals surface area contributed by atoms with Gasteiger partial charge in [0.05, 0.1) is 32.8 Å². The Kier molecular flexibility index (Phi) is 6.07. The summed E-state index contributed by atoms with van der Waals surface area (Å²) in [5.41, 5.74) is 3.91. The van der Waals surface area contributed by atoms with Crippen LogP contribution in [0.25, 0.3) is 0 Å². The number of carbonyl (C=O) groups is 2. The molecule has 2 atom stereocenters. The Bertz CT molecular complexity index is 1270. The number of hydrogen-bond donors (Lipinski definition) is 1. The number of carbonyl (C=O) groups excluding carboxylic acids is 2. The van der Waals surface area contributed by atoms with Gasteiger partial charge in [-0.25, -0.2) is 0 Å². The summed E-state index contributed by atoms with van der Waals surface area (Å²) in [6.45, 7) is 3.04. The molecule has 0 spiro atoms. The van der Waals surface area contributed by atoms with Crippen LogP contribution in [0.5, 0.6) is 17.2 Å². The molecule has 0 radical (unpaired) electrons. The van der Waals surface area contributed by atoms with E-state index in [0.29, 0.717) is 41.5 Å². The maximum atomic E-state index is 13.9. The molecule has 1 N–H and O–H groups in total. The average molecular weight is 473 g/mol. The fourth-order valence-corrected chi connectivity index (χ4v) is 5.15. The van der Waals surface area contributed by atoms with Gasteiger partial charge in [0.25, 0.3) is 5.91 Å². The molecule has 5 rings (SSSR count). The molecule has 3 aromatic carbocycles. The van der Waals surface area contributed by atoms with Crippen molar-refractivity contribution in [2.45, 2.75) is 25.3 Å². The normalized spacial score (nSPS) is 18.1. The molecule has 2 aliphatic rings. The van der Waals surface area contributed by atoms with Gasteiger partial charge in [-0.1, -0.05) is 24.3 Å². The van der Waals surface area contributed by atoms with E-state index in [-0.39, 0.29) is 11.8 Å². The molecule has 180 valence electrons. The molecule has 0 saturated carbocycles. The van der Waals surface area contributed by atoms with Crippen molar-refractivity contribution in [3.8, 4) is 17.2 Å². The topological polar surface area (TPSA) is 77.1 Å². The zero-order chi connectivity index (χ0) is 24.5. The van der Waals surface area contributed by atoms with Crippen molar-refractivity contribution in [3.05, 3.63) is 82.9 Å². The number of rotatable bonds is 6. The molecule has 7 heteroatoms. The largest absolute Gasteiger partial charge is 0.494 e. The second-order valence-corrected chi connectivity index (χ2v) is 8.61. The lowest BCUT2D eigenvalue weighted by Gasteiger charge is -2.45. The monoisotopic (exact) mass is 472 g/mol. The van der Waals surface area contributed by atoms with E-state index < -0.39 is 12.0 Å². The number of fused-ring (bicyclic) bond motifs is 4. The number of hydrogen-bond acceptors (Lipinski definition) is 5. The van der Waals surface area contributed by atoms with Crippen LogP contribution in [0, 0.1) is 0 Å². The molecule has 3 aromatic rings. The summed E-state index contributed by atoms with van der Waals surface area (Å²) in [6.07, 6.45) is 0.744. The van der Waals surface area contributed by atoms with Gasteiger partial charge in [-0.3, -0.25) is 9.59 Å². The van der Waals surface area contributed by atoms with Crippen molar-refractivity contribution in [1.29, 1.82) is 0 Å². The lowest BCUT2D eigenvalue weighted by Crippen LogP contribution is -2.49. The van der Waals surface area contributed by atoms with Gasteiger partial charge in [0.2, 0.25) is 5.91 Å². The highest BCUT2D eigenvalue weighted by molar-refractivity contribution is 6.05. The molecular formula is C28H28N2O5. The highest BCUT2D eigenvalue weighted by Gasteiger charge is 2.47. The molecule has 0 bridgehead atoms. The molecule has 0 unspecified atom stereocenters. The minimum absolute atomic E-state index is 0.106. The Morgan fingerprint density at radius 1 is 1.00 bits per heavy atom. The zero-order valence-corrected chi connectivity index (χ0v) is 20.0. The smallest absolute Gasteiger partial charge is 0.254 e. The first-order valence-corrected chi connectivity index (χ1v) is 11.7. The van der Waals surface area contributed by atoms with Crippen LogP contribution in [0.1, 0.15) is 45.9 Å². The number of nitrogens with one attached hydrogen (secondary N) is 1. The number of amides is 2. The van der Waals surface area contributed by atoms with Crippen LogP contribution in [0.2, 0.25) is 0 Å². The number of benzene rings is 3. The summed E-state index contributed by atoms with van der Waals surface area (Å²) in [6, 6.07) is 18.4. The average Bonchev–Trinajstić information content (AvgIpc) is 2.89. The maximum Gasteiger partial charge on any atom is 0.254 e. The van der Waals surface area contributed by atoms with Gasteiger partial charge in [-0.2, -0.15) is 0 Å². The van der Waals surface area contributed by atoms with Gasteiger partial charge in [-0.15, -0.1) is 0 Å². The summed E-state index contributed by atoms with van der Waals surface area (Å²) in [5.74, 6) is 0.753. The molecule has 35 heavy (non-hydrogen) atoms. The van der Waals surface area contributed by atoms with Crippen molar-refractivity contribution >= 4 is 17.5 Å². The quantitative estimate of drug-likeness (QED) is 0.568. The molecular weight excluding hydrogens is 444 g/mol. The number of ether oxygens (including phenoxy) is 3. The molecule has 0 saturated heterocycles. The van der Waals surface area contributed by atoms with Crippen molar-refractivity contribution in [2.75, 3.05) is 32.7 Å². The second-order valence-electron chi connectivity index (χ2n) is 8.61. The van der Waals surface area contributed by atoms with Crippen LogP contribution < -0.4 is 19.5 Å². The van der Waals surface area contributed by atoms with E-state index in [1.54, 1.807) is 19.2 Å². The molecule has 2 amide bonds. The molecule has 2 heterocycles. The third-order valence-electron chi connectivity index (χ3n) is 6.74. The molecule has 0 fully saturated rings. The van der Waals surface area contributed by atoms with E-state index in [1.807, 2.05) is 54.3 Å². The van der Waals surface area contributed by atoms with Crippen molar-refractivity contribution < 1.29 is 23.8 Å². The Morgan fingerprint density at radius 3 is 2.43 bits per heavy atom. The summed E-state index contributed by atoms with van der Waals surface area (Å²) in [4.78, 5) is 29.4. The van der Waals surface area contributed by atoms with E-state index in [2.05, 4.69) is 11.4 Å². The van der Waals surface area contributed by atoms with Gasteiger partial charge in [-0.05, 0) is 66.4 Å².